The third-order valence-corrected chi connectivity index (χ3v) is 3.43. The quantitative estimate of drug-likeness (QED) is 0.810. The van der Waals surface area contributed by atoms with Crippen molar-refractivity contribution in [3.8, 4) is 0 Å². The van der Waals surface area contributed by atoms with E-state index < -0.39 is 0 Å². The van der Waals surface area contributed by atoms with Crippen molar-refractivity contribution in [3.63, 3.8) is 0 Å². The zero-order valence-electron chi connectivity index (χ0n) is 10.1. The topological polar surface area (TPSA) is 50.1 Å². The van der Waals surface area contributed by atoms with E-state index in [1.54, 1.807) is 0 Å². The van der Waals surface area contributed by atoms with Gasteiger partial charge in [-0.3, -0.25) is 4.68 Å². The molecule has 4 heteroatoms. The molecule has 4 nitrogen and oxygen atoms in total. The first-order chi connectivity index (χ1) is 7.70. The number of hydrogen-bond acceptors (Lipinski definition) is 3. The van der Waals surface area contributed by atoms with Gasteiger partial charge in [0, 0.05) is 30.9 Å². The van der Waals surface area contributed by atoms with Crippen LogP contribution in [0.4, 0.5) is 0 Å². The van der Waals surface area contributed by atoms with Crippen LogP contribution in [0.2, 0.25) is 0 Å². The van der Waals surface area contributed by atoms with E-state index in [0.717, 1.165) is 25.7 Å². The molecule has 3 unspecified atom stereocenters. The van der Waals surface area contributed by atoms with Gasteiger partial charge in [0.25, 0.3) is 0 Å². The van der Waals surface area contributed by atoms with E-state index in [2.05, 4.69) is 17.3 Å². The molecule has 0 aromatic carbocycles. The molecule has 2 rings (SSSR count). The number of nitrogens with one attached hydrogen (secondary N) is 1. The zero-order valence-corrected chi connectivity index (χ0v) is 10.1. The summed E-state index contributed by atoms with van der Waals surface area (Å²) in [6.07, 6.45) is 7.94. The lowest BCUT2D eigenvalue weighted by Crippen LogP contribution is -2.38. The first-order valence-electron chi connectivity index (χ1n) is 6.13. The largest absolute Gasteiger partial charge is 0.392 e. The predicted molar refractivity (Wildman–Crippen MR) is 63.0 cm³/mol. The Morgan fingerprint density at radius 3 is 2.94 bits per heavy atom. The highest BCUT2D eigenvalue weighted by Gasteiger charge is 2.27. The van der Waals surface area contributed by atoms with Crippen LogP contribution < -0.4 is 5.32 Å². The highest BCUT2D eigenvalue weighted by atomic mass is 16.3. The monoisotopic (exact) mass is 223 g/mol. The van der Waals surface area contributed by atoms with Gasteiger partial charge in [-0.15, -0.1) is 0 Å². The molecule has 1 heterocycles. The first-order valence-corrected chi connectivity index (χ1v) is 6.13. The van der Waals surface area contributed by atoms with Gasteiger partial charge in [0.15, 0.2) is 0 Å². The molecule has 1 aromatic rings. The van der Waals surface area contributed by atoms with E-state index in [1.165, 1.54) is 5.56 Å². The minimum Gasteiger partial charge on any atom is -0.392 e. The summed E-state index contributed by atoms with van der Waals surface area (Å²) in [7, 11) is 1.93. The smallest absolute Gasteiger partial charge is 0.0693 e. The molecule has 2 N–H and O–H groups in total. The summed E-state index contributed by atoms with van der Waals surface area (Å²) in [6.45, 7) is 2.16. The van der Waals surface area contributed by atoms with Crippen LogP contribution in [0.25, 0.3) is 0 Å². The number of aromatic nitrogens is 2. The highest BCUT2D eigenvalue weighted by Crippen LogP contribution is 2.24. The SMILES string of the molecule is CCC(NC1CCCC1O)c1cnn(C)c1. The molecule has 16 heavy (non-hydrogen) atoms. The average molecular weight is 223 g/mol. The highest BCUT2D eigenvalue weighted by molar-refractivity contribution is 5.10. The van der Waals surface area contributed by atoms with Crippen LogP contribution in [-0.4, -0.2) is 27.0 Å². The lowest BCUT2D eigenvalue weighted by molar-refractivity contribution is 0.142. The fourth-order valence-corrected chi connectivity index (χ4v) is 2.46. The van der Waals surface area contributed by atoms with Crippen molar-refractivity contribution >= 4 is 0 Å². The standard InChI is InChI=1S/C12H21N3O/c1-3-10(9-7-13-15(2)8-9)14-11-5-4-6-12(11)16/h7-8,10-12,14,16H,3-6H2,1-2H3. The average Bonchev–Trinajstić information content (AvgIpc) is 2.85. The molecule has 0 saturated heterocycles. The zero-order chi connectivity index (χ0) is 11.5. The fraction of sp³-hybridized carbons (Fsp3) is 0.750. The van der Waals surface area contributed by atoms with Crippen LogP contribution in [0.15, 0.2) is 12.4 Å². The molecular weight excluding hydrogens is 202 g/mol. The van der Waals surface area contributed by atoms with Gasteiger partial charge in [-0.25, -0.2) is 0 Å². The lowest BCUT2D eigenvalue weighted by atomic mass is 10.1. The van der Waals surface area contributed by atoms with Crippen molar-refractivity contribution in [2.45, 2.75) is 50.8 Å². The Morgan fingerprint density at radius 1 is 1.62 bits per heavy atom. The number of rotatable bonds is 4. The molecule has 1 aliphatic rings. The van der Waals surface area contributed by atoms with Crippen molar-refractivity contribution in [1.82, 2.24) is 15.1 Å². The number of aryl methyl sites for hydroxylation is 1. The van der Waals surface area contributed by atoms with E-state index >= 15 is 0 Å². The molecule has 1 aliphatic carbocycles. The summed E-state index contributed by atoms with van der Waals surface area (Å²) < 4.78 is 1.82. The Labute approximate surface area is 96.7 Å². The number of hydrogen-bond donors (Lipinski definition) is 2. The first kappa shape index (κ1) is 11.6. The second-order valence-electron chi connectivity index (χ2n) is 4.68. The maximum Gasteiger partial charge on any atom is 0.0693 e. The summed E-state index contributed by atoms with van der Waals surface area (Å²) in [5.41, 5.74) is 1.21. The van der Waals surface area contributed by atoms with Crippen LogP contribution in [0, 0.1) is 0 Å². The molecule has 3 atom stereocenters. The summed E-state index contributed by atoms with van der Waals surface area (Å²) >= 11 is 0. The van der Waals surface area contributed by atoms with Gasteiger partial charge >= 0.3 is 0 Å². The van der Waals surface area contributed by atoms with E-state index in [9.17, 15) is 5.11 Å². The molecule has 0 radical (unpaired) electrons. The summed E-state index contributed by atoms with van der Waals surface area (Å²) in [4.78, 5) is 0. The van der Waals surface area contributed by atoms with Crippen LogP contribution >= 0.6 is 0 Å². The maximum absolute atomic E-state index is 9.80. The van der Waals surface area contributed by atoms with Gasteiger partial charge < -0.3 is 10.4 Å². The fourth-order valence-electron chi connectivity index (χ4n) is 2.46. The van der Waals surface area contributed by atoms with Gasteiger partial charge in [0.1, 0.15) is 0 Å². The minimum atomic E-state index is -0.175. The van der Waals surface area contributed by atoms with E-state index in [-0.39, 0.29) is 12.1 Å². The summed E-state index contributed by atoms with van der Waals surface area (Å²) in [5, 5.41) is 17.5. The molecule has 1 aromatic heterocycles. The second kappa shape index (κ2) is 4.97. The number of nitrogens with zero attached hydrogens (tertiary/aromatic N) is 2. The number of aliphatic hydroxyl groups is 1. The predicted octanol–water partition coefficient (Wildman–Crippen LogP) is 1.37. The molecule has 0 bridgehead atoms. The molecule has 90 valence electrons. The summed E-state index contributed by atoms with van der Waals surface area (Å²) in [6, 6.07) is 0.566. The van der Waals surface area contributed by atoms with E-state index in [0.29, 0.717) is 6.04 Å². The van der Waals surface area contributed by atoms with Gasteiger partial charge in [-0.2, -0.15) is 5.10 Å². The molecule has 0 amide bonds. The third kappa shape index (κ3) is 2.44. The third-order valence-electron chi connectivity index (χ3n) is 3.43. The van der Waals surface area contributed by atoms with Gasteiger partial charge in [-0.1, -0.05) is 6.92 Å². The number of aliphatic hydroxyl groups excluding tert-OH is 1. The van der Waals surface area contributed by atoms with Crippen molar-refractivity contribution < 1.29 is 5.11 Å². The molecule has 1 saturated carbocycles. The second-order valence-corrected chi connectivity index (χ2v) is 4.68. The van der Waals surface area contributed by atoms with Crippen LogP contribution in [-0.2, 0) is 7.05 Å². The molecule has 1 fully saturated rings. The maximum atomic E-state index is 9.80. The van der Waals surface area contributed by atoms with Crippen LogP contribution in [0.3, 0.4) is 0 Å². The van der Waals surface area contributed by atoms with Crippen LogP contribution in [0.5, 0.6) is 0 Å². The van der Waals surface area contributed by atoms with Gasteiger partial charge in [-0.05, 0) is 25.7 Å². The van der Waals surface area contributed by atoms with Gasteiger partial charge in [0.05, 0.1) is 12.3 Å². The Hall–Kier alpha value is -0.870. The Kier molecular flexibility index (Phi) is 3.61. The Balaban J connectivity index is 2.00. The van der Waals surface area contributed by atoms with Gasteiger partial charge in [0.2, 0.25) is 0 Å². The van der Waals surface area contributed by atoms with E-state index in [4.69, 9.17) is 0 Å². The Bertz CT molecular complexity index is 337. The van der Waals surface area contributed by atoms with E-state index in [1.807, 2.05) is 24.1 Å². The molecular formula is C12H21N3O. The van der Waals surface area contributed by atoms with Crippen molar-refractivity contribution in [3.05, 3.63) is 18.0 Å². The van der Waals surface area contributed by atoms with Crippen molar-refractivity contribution in [2.24, 2.45) is 7.05 Å². The Morgan fingerprint density at radius 2 is 2.44 bits per heavy atom. The summed E-state index contributed by atoms with van der Waals surface area (Å²) in [5.74, 6) is 0. The van der Waals surface area contributed by atoms with Crippen molar-refractivity contribution in [2.75, 3.05) is 0 Å². The minimum absolute atomic E-state index is 0.175. The van der Waals surface area contributed by atoms with Crippen LogP contribution in [0.1, 0.15) is 44.2 Å². The molecule has 0 aliphatic heterocycles. The molecule has 0 spiro atoms. The van der Waals surface area contributed by atoms with Crippen molar-refractivity contribution in [1.29, 1.82) is 0 Å². The normalized spacial score (nSPS) is 27.2. The lowest BCUT2D eigenvalue weighted by Gasteiger charge is -2.23.